The number of aryl methyl sites for hydroxylation is 1. The second-order valence-electron chi connectivity index (χ2n) is 8.36. The largest absolute Gasteiger partial charge is 0.496 e. The van der Waals surface area contributed by atoms with Crippen molar-refractivity contribution < 1.29 is 13.9 Å². The van der Waals surface area contributed by atoms with Gasteiger partial charge in [0.05, 0.1) is 13.7 Å². The zero-order valence-corrected chi connectivity index (χ0v) is 20.1. The van der Waals surface area contributed by atoms with Crippen LogP contribution in [0.1, 0.15) is 51.8 Å². The Morgan fingerprint density at radius 2 is 2.18 bits per heavy atom. The van der Waals surface area contributed by atoms with Crippen LogP contribution >= 0.6 is 11.3 Å². The molecule has 0 aromatic carbocycles. The van der Waals surface area contributed by atoms with Gasteiger partial charge in [0.2, 0.25) is 0 Å². The Morgan fingerprint density at radius 3 is 2.88 bits per heavy atom. The number of nitrogens with one attached hydrogen (secondary N) is 1. The Hall–Kier alpha value is -2.91. The van der Waals surface area contributed by atoms with E-state index in [4.69, 9.17) is 9.15 Å². The van der Waals surface area contributed by atoms with Crippen molar-refractivity contribution in [2.75, 3.05) is 26.7 Å². The molecule has 1 aliphatic heterocycles. The molecule has 8 nitrogen and oxygen atoms in total. The fourth-order valence-electron chi connectivity index (χ4n) is 4.24. The topological polar surface area (TPSA) is 89.6 Å². The van der Waals surface area contributed by atoms with Crippen LogP contribution in [0.5, 0.6) is 5.75 Å². The summed E-state index contributed by atoms with van der Waals surface area (Å²) >= 11 is 1.49. The van der Waals surface area contributed by atoms with Gasteiger partial charge in [0.25, 0.3) is 11.5 Å². The maximum Gasteiger partial charge on any atom is 0.257 e. The summed E-state index contributed by atoms with van der Waals surface area (Å²) in [6, 6.07) is 5.45. The third kappa shape index (κ3) is 5.36. The van der Waals surface area contributed by atoms with E-state index in [2.05, 4.69) is 22.1 Å². The Labute approximate surface area is 197 Å². The summed E-state index contributed by atoms with van der Waals surface area (Å²) in [4.78, 5) is 32.5. The molecule has 1 atom stereocenters. The summed E-state index contributed by atoms with van der Waals surface area (Å²) in [5.41, 5.74) is 1.03. The smallest absolute Gasteiger partial charge is 0.257 e. The summed E-state index contributed by atoms with van der Waals surface area (Å²) in [5, 5.41) is 5.63. The molecule has 1 amide bonds. The number of ether oxygens (including phenoxy) is 1. The van der Waals surface area contributed by atoms with Crippen LogP contribution in [0.2, 0.25) is 0 Å². The highest BCUT2D eigenvalue weighted by Crippen LogP contribution is 2.25. The van der Waals surface area contributed by atoms with Crippen molar-refractivity contribution in [2.45, 2.75) is 45.7 Å². The van der Waals surface area contributed by atoms with Crippen molar-refractivity contribution in [2.24, 2.45) is 0 Å². The SMILES string of the molecule is COc1cc(=O)n2c(c1C(=O)NCc1nccs1)CCN(CCC(C)c1ccc(C)o1)CC2. The lowest BCUT2D eigenvalue weighted by Crippen LogP contribution is -2.31. The van der Waals surface area contributed by atoms with Crippen LogP contribution in [0.4, 0.5) is 0 Å². The van der Waals surface area contributed by atoms with E-state index in [9.17, 15) is 9.59 Å². The lowest BCUT2D eigenvalue weighted by Gasteiger charge is -2.21. The van der Waals surface area contributed by atoms with Gasteiger partial charge in [0.15, 0.2) is 0 Å². The lowest BCUT2D eigenvalue weighted by atomic mass is 10.0. The number of amides is 1. The summed E-state index contributed by atoms with van der Waals surface area (Å²) in [5.74, 6) is 2.32. The maximum atomic E-state index is 13.1. The summed E-state index contributed by atoms with van der Waals surface area (Å²) in [7, 11) is 1.49. The zero-order valence-electron chi connectivity index (χ0n) is 19.3. The predicted octanol–water partition coefficient (Wildman–Crippen LogP) is 3.20. The van der Waals surface area contributed by atoms with Crippen LogP contribution < -0.4 is 15.6 Å². The molecule has 176 valence electrons. The van der Waals surface area contributed by atoms with Crippen molar-refractivity contribution >= 4 is 17.2 Å². The minimum absolute atomic E-state index is 0.139. The standard InChI is InChI=1S/C24H30N4O4S/c1-16(19-5-4-17(2)32-19)6-9-27-10-7-18-23(24(30)26-15-21-25-8-13-33-21)20(31-3)14-22(29)28(18)12-11-27/h4-5,8,13-14,16H,6-7,9-12,15H2,1-3H3,(H,26,30). The monoisotopic (exact) mass is 470 g/mol. The van der Waals surface area contributed by atoms with E-state index in [1.54, 1.807) is 10.8 Å². The van der Waals surface area contributed by atoms with Crippen LogP contribution in [0, 0.1) is 6.92 Å². The number of hydrogen-bond acceptors (Lipinski definition) is 7. The van der Waals surface area contributed by atoms with Crippen molar-refractivity contribution in [3.63, 3.8) is 0 Å². The predicted molar refractivity (Wildman–Crippen MR) is 127 cm³/mol. The number of aromatic nitrogens is 2. The minimum Gasteiger partial charge on any atom is -0.496 e. The van der Waals surface area contributed by atoms with Crippen LogP contribution in [0.3, 0.4) is 0 Å². The van der Waals surface area contributed by atoms with Gasteiger partial charge >= 0.3 is 0 Å². The molecule has 9 heteroatoms. The van der Waals surface area contributed by atoms with E-state index in [1.165, 1.54) is 24.5 Å². The molecule has 3 aromatic heterocycles. The van der Waals surface area contributed by atoms with Gasteiger partial charge in [-0.1, -0.05) is 6.92 Å². The van der Waals surface area contributed by atoms with Crippen molar-refractivity contribution in [3.8, 4) is 5.75 Å². The fraction of sp³-hybridized carbons (Fsp3) is 0.458. The van der Waals surface area contributed by atoms with E-state index in [1.807, 2.05) is 24.4 Å². The number of pyridine rings is 1. The number of thiazole rings is 1. The number of methoxy groups -OCH3 is 1. The molecule has 1 N–H and O–H groups in total. The molecular formula is C24H30N4O4S. The van der Waals surface area contributed by atoms with Gasteiger partial charge in [-0.15, -0.1) is 11.3 Å². The average molecular weight is 471 g/mol. The number of carbonyl (C=O) groups excluding carboxylic acids is 1. The molecule has 0 spiro atoms. The van der Waals surface area contributed by atoms with E-state index in [0.29, 0.717) is 36.7 Å². The van der Waals surface area contributed by atoms with Gasteiger partial charge in [-0.2, -0.15) is 0 Å². The van der Waals surface area contributed by atoms with E-state index < -0.39 is 0 Å². The second kappa shape index (κ2) is 10.4. The molecule has 0 saturated carbocycles. The molecular weight excluding hydrogens is 440 g/mol. The van der Waals surface area contributed by atoms with Gasteiger partial charge in [-0.25, -0.2) is 4.98 Å². The van der Waals surface area contributed by atoms with Crippen molar-refractivity contribution in [1.29, 1.82) is 0 Å². The van der Waals surface area contributed by atoms with Crippen LogP contribution in [0.15, 0.2) is 39.0 Å². The third-order valence-electron chi connectivity index (χ3n) is 6.14. The highest BCUT2D eigenvalue weighted by atomic mass is 32.1. The molecule has 3 aromatic rings. The summed E-state index contributed by atoms with van der Waals surface area (Å²) < 4.78 is 12.9. The van der Waals surface area contributed by atoms with Crippen LogP contribution in [-0.4, -0.2) is 47.1 Å². The Bertz CT molecular complexity index is 1150. The average Bonchev–Trinajstić information content (AvgIpc) is 3.44. The fourth-order valence-corrected chi connectivity index (χ4v) is 4.80. The van der Waals surface area contributed by atoms with Crippen LogP contribution in [-0.2, 0) is 19.5 Å². The van der Waals surface area contributed by atoms with Crippen molar-refractivity contribution in [1.82, 2.24) is 19.8 Å². The minimum atomic E-state index is -0.249. The zero-order chi connectivity index (χ0) is 23.4. The molecule has 33 heavy (non-hydrogen) atoms. The number of hydrogen-bond donors (Lipinski definition) is 1. The summed E-state index contributed by atoms with van der Waals surface area (Å²) in [6.07, 6.45) is 3.27. The molecule has 0 fully saturated rings. The Balaban J connectivity index is 1.48. The highest BCUT2D eigenvalue weighted by molar-refractivity contribution is 7.09. The molecule has 4 rings (SSSR count). The molecule has 1 unspecified atom stereocenters. The molecule has 0 radical (unpaired) electrons. The number of carbonyl (C=O) groups is 1. The van der Waals surface area contributed by atoms with Gasteiger partial charge in [0.1, 0.15) is 27.8 Å². The third-order valence-corrected chi connectivity index (χ3v) is 6.92. The molecule has 4 heterocycles. The quantitative estimate of drug-likeness (QED) is 0.544. The number of furan rings is 1. The normalized spacial score (nSPS) is 15.0. The number of rotatable bonds is 8. The first-order valence-corrected chi connectivity index (χ1v) is 12.1. The number of fused-ring (bicyclic) bond motifs is 1. The highest BCUT2D eigenvalue weighted by Gasteiger charge is 2.25. The first-order chi connectivity index (χ1) is 16.0. The number of nitrogens with zero attached hydrogens (tertiary/aromatic N) is 3. The molecule has 1 aliphatic rings. The van der Waals surface area contributed by atoms with Gasteiger partial charge < -0.3 is 23.9 Å². The van der Waals surface area contributed by atoms with Gasteiger partial charge in [-0.05, 0) is 32.0 Å². The van der Waals surface area contributed by atoms with E-state index in [0.717, 1.165) is 48.3 Å². The van der Waals surface area contributed by atoms with E-state index >= 15 is 0 Å². The Kier molecular flexibility index (Phi) is 7.29. The van der Waals surface area contributed by atoms with Crippen LogP contribution in [0.25, 0.3) is 0 Å². The second-order valence-corrected chi connectivity index (χ2v) is 9.34. The first-order valence-electron chi connectivity index (χ1n) is 11.2. The first kappa shape index (κ1) is 23.3. The van der Waals surface area contributed by atoms with E-state index in [-0.39, 0.29) is 11.5 Å². The molecule has 0 bridgehead atoms. The van der Waals surface area contributed by atoms with Gasteiger partial charge in [-0.3, -0.25) is 9.59 Å². The van der Waals surface area contributed by atoms with Crippen molar-refractivity contribution in [3.05, 3.63) is 67.9 Å². The summed E-state index contributed by atoms with van der Waals surface area (Å²) in [6.45, 7) is 7.43. The Morgan fingerprint density at radius 1 is 1.33 bits per heavy atom. The molecule has 0 saturated heterocycles. The molecule has 0 aliphatic carbocycles. The maximum absolute atomic E-state index is 13.1. The lowest BCUT2D eigenvalue weighted by molar-refractivity contribution is 0.0945. The van der Waals surface area contributed by atoms with Gasteiger partial charge in [0, 0.05) is 55.3 Å².